The third-order valence-electron chi connectivity index (χ3n) is 3.76. The second-order valence-corrected chi connectivity index (χ2v) is 8.19. The lowest BCUT2D eigenvalue weighted by Gasteiger charge is -2.35. The van der Waals surface area contributed by atoms with Gasteiger partial charge in [0.15, 0.2) is 0 Å². The van der Waals surface area contributed by atoms with Crippen molar-refractivity contribution in [3.8, 4) is 0 Å². The maximum Gasteiger partial charge on any atom is 0.246 e. The Morgan fingerprint density at radius 1 is 1.43 bits per heavy atom. The molecular weight excluding hydrogens is 361 g/mol. The van der Waals surface area contributed by atoms with Gasteiger partial charge in [0, 0.05) is 29.3 Å². The van der Waals surface area contributed by atoms with Crippen LogP contribution in [0.1, 0.15) is 12.8 Å². The third-order valence-corrected chi connectivity index (χ3v) is 6.33. The molecule has 1 aromatic carbocycles. The van der Waals surface area contributed by atoms with E-state index in [-0.39, 0.29) is 16.6 Å². The smallest absolute Gasteiger partial charge is 0.246 e. The molecule has 0 radical (unpaired) electrons. The summed E-state index contributed by atoms with van der Waals surface area (Å²) in [5, 5.41) is 0. The van der Waals surface area contributed by atoms with Gasteiger partial charge >= 0.3 is 0 Å². The summed E-state index contributed by atoms with van der Waals surface area (Å²) in [5.74, 6) is -0.789. The van der Waals surface area contributed by atoms with Crippen molar-refractivity contribution < 1.29 is 12.8 Å². The predicted molar refractivity (Wildman–Crippen MR) is 84.0 cm³/mol. The van der Waals surface area contributed by atoms with E-state index in [0.29, 0.717) is 17.6 Å². The SMILES string of the molecule is CN(C)C1CCCN(S(=O)(=O)c2cc(N)c(Br)cc2F)C1. The Kier molecular flexibility index (Phi) is 4.92. The van der Waals surface area contributed by atoms with Gasteiger partial charge in [-0.05, 0) is 55.0 Å². The van der Waals surface area contributed by atoms with Crippen molar-refractivity contribution >= 4 is 31.6 Å². The van der Waals surface area contributed by atoms with Crippen molar-refractivity contribution in [3.05, 3.63) is 22.4 Å². The zero-order valence-electron chi connectivity index (χ0n) is 12.0. The number of hydrogen-bond acceptors (Lipinski definition) is 4. The van der Waals surface area contributed by atoms with Crippen LogP contribution < -0.4 is 5.73 Å². The summed E-state index contributed by atoms with van der Waals surface area (Å²) in [6, 6.07) is 2.41. The van der Waals surface area contributed by atoms with Gasteiger partial charge < -0.3 is 10.6 Å². The second kappa shape index (κ2) is 6.20. The Hall–Kier alpha value is -0.700. The molecule has 1 saturated heterocycles. The van der Waals surface area contributed by atoms with E-state index in [1.165, 1.54) is 10.4 Å². The molecule has 1 aliphatic rings. The van der Waals surface area contributed by atoms with Crippen molar-refractivity contribution in [3.63, 3.8) is 0 Å². The molecule has 1 aliphatic heterocycles. The number of nitrogens with zero attached hydrogens (tertiary/aromatic N) is 2. The highest BCUT2D eigenvalue weighted by atomic mass is 79.9. The first-order chi connectivity index (χ1) is 9.73. The van der Waals surface area contributed by atoms with Crippen LogP contribution in [0.25, 0.3) is 0 Å². The molecule has 0 amide bonds. The fourth-order valence-corrected chi connectivity index (χ4v) is 4.35. The number of likely N-dealkylation sites (N-methyl/N-ethyl adjacent to an activating group) is 1. The standard InChI is InChI=1S/C13H19BrFN3O2S/c1-17(2)9-4-3-5-18(8-9)21(19,20)13-7-12(16)10(14)6-11(13)15/h6-7,9H,3-5,8,16H2,1-2H3. The van der Waals surface area contributed by atoms with Gasteiger partial charge in [-0.3, -0.25) is 0 Å². The number of rotatable bonds is 3. The van der Waals surface area contributed by atoms with Crippen molar-refractivity contribution in [2.75, 3.05) is 32.9 Å². The van der Waals surface area contributed by atoms with Gasteiger partial charge in [-0.15, -0.1) is 0 Å². The van der Waals surface area contributed by atoms with Crippen molar-refractivity contribution in [2.24, 2.45) is 0 Å². The van der Waals surface area contributed by atoms with Crippen molar-refractivity contribution in [1.82, 2.24) is 9.21 Å². The highest BCUT2D eigenvalue weighted by Gasteiger charge is 2.33. The Morgan fingerprint density at radius 2 is 2.10 bits per heavy atom. The van der Waals surface area contributed by atoms with E-state index in [2.05, 4.69) is 15.9 Å². The molecule has 21 heavy (non-hydrogen) atoms. The van der Waals surface area contributed by atoms with Gasteiger partial charge in [0.1, 0.15) is 10.7 Å². The van der Waals surface area contributed by atoms with Crippen LogP contribution in [0.5, 0.6) is 0 Å². The van der Waals surface area contributed by atoms with Crippen LogP contribution in [-0.2, 0) is 10.0 Å². The number of hydrogen-bond donors (Lipinski definition) is 1. The minimum absolute atomic E-state index is 0.143. The van der Waals surface area contributed by atoms with Crippen LogP contribution in [0, 0.1) is 5.82 Å². The number of nitrogen functional groups attached to an aromatic ring is 1. The minimum Gasteiger partial charge on any atom is -0.398 e. The quantitative estimate of drug-likeness (QED) is 0.814. The summed E-state index contributed by atoms with van der Waals surface area (Å²) >= 11 is 3.09. The van der Waals surface area contributed by atoms with E-state index in [4.69, 9.17) is 5.73 Å². The highest BCUT2D eigenvalue weighted by molar-refractivity contribution is 9.10. The number of nitrogens with two attached hydrogens (primary N) is 1. The molecule has 0 aliphatic carbocycles. The first-order valence-corrected chi connectivity index (χ1v) is 8.88. The molecule has 1 atom stereocenters. The third kappa shape index (κ3) is 3.39. The molecule has 1 fully saturated rings. The number of benzene rings is 1. The maximum atomic E-state index is 14.0. The highest BCUT2D eigenvalue weighted by Crippen LogP contribution is 2.29. The normalized spacial score (nSPS) is 20.9. The lowest BCUT2D eigenvalue weighted by atomic mass is 10.1. The summed E-state index contributed by atoms with van der Waals surface area (Å²) in [6.07, 6.45) is 1.69. The Morgan fingerprint density at radius 3 is 2.71 bits per heavy atom. The topological polar surface area (TPSA) is 66.6 Å². The van der Waals surface area contributed by atoms with Gasteiger partial charge in [0.05, 0.1) is 0 Å². The van der Waals surface area contributed by atoms with Gasteiger partial charge in [-0.2, -0.15) is 4.31 Å². The van der Waals surface area contributed by atoms with Crippen LogP contribution >= 0.6 is 15.9 Å². The lowest BCUT2D eigenvalue weighted by Crippen LogP contribution is -2.47. The van der Waals surface area contributed by atoms with Crippen LogP contribution in [0.15, 0.2) is 21.5 Å². The van der Waals surface area contributed by atoms with Gasteiger partial charge in [-0.25, -0.2) is 12.8 Å². The van der Waals surface area contributed by atoms with Crippen LogP contribution in [0.3, 0.4) is 0 Å². The van der Waals surface area contributed by atoms with E-state index in [9.17, 15) is 12.8 Å². The Bertz CT molecular complexity index is 637. The van der Waals surface area contributed by atoms with E-state index < -0.39 is 15.8 Å². The summed E-state index contributed by atoms with van der Waals surface area (Å²) in [6.45, 7) is 0.771. The van der Waals surface area contributed by atoms with Crippen LogP contribution in [0.4, 0.5) is 10.1 Å². The summed E-state index contributed by atoms with van der Waals surface area (Å²) in [4.78, 5) is 1.64. The zero-order valence-corrected chi connectivity index (χ0v) is 14.4. The first kappa shape index (κ1) is 16.7. The van der Waals surface area contributed by atoms with Gasteiger partial charge in [-0.1, -0.05) is 0 Å². The number of anilines is 1. The molecule has 118 valence electrons. The van der Waals surface area contributed by atoms with E-state index in [1.807, 2.05) is 19.0 Å². The zero-order chi connectivity index (χ0) is 15.8. The van der Waals surface area contributed by atoms with E-state index in [1.54, 1.807) is 0 Å². The molecule has 0 saturated carbocycles. The maximum absolute atomic E-state index is 14.0. The summed E-state index contributed by atoms with van der Waals surface area (Å²) < 4.78 is 41.0. The van der Waals surface area contributed by atoms with Crippen LogP contribution in [0.2, 0.25) is 0 Å². The van der Waals surface area contributed by atoms with Crippen molar-refractivity contribution in [1.29, 1.82) is 0 Å². The first-order valence-electron chi connectivity index (χ1n) is 6.64. The monoisotopic (exact) mass is 379 g/mol. The van der Waals surface area contributed by atoms with Crippen molar-refractivity contribution in [2.45, 2.75) is 23.8 Å². The molecular formula is C13H19BrFN3O2S. The average Bonchev–Trinajstić information content (AvgIpc) is 2.42. The summed E-state index contributed by atoms with van der Waals surface area (Å²) in [7, 11) is -0.0362. The number of halogens is 2. The minimum atomic E-state index is -3.87. The summed E-state index contributed by atoms with van der Waals surface area (Å²) in [5.41, 5.74) is 5.89. The fourth-order valence-electron chi connectivity index (χ4n) is 2.44. The molecule has 0 aromatic heterocycles. The Balaban J connectivity index is 2.36. The van der Waals surface area contributed by atoms with Gasteiger partial charge in [0.2, 0.25) is 10.0 Å². The molecule has 0 spiro atoms. The number of piperidine rings is 1. The lowest BCUT2D eigenvalue weighted by molar-refractivity contribution is 0.190. The largest absolute Gasteiger partial charge is 0.398 e. The molecule has 1 unspecified atom stereocenters. The van der Waals surface area contributed by atoms with Gasteiger partial charge in [0.25, 0.3) is 0 Å². The fraction of sp³-hybridized carbons (Fsp3) is 0.538. The molecule has 0 bridgehead atoms. The molecule has 2 N–H and O–H groups in total. The second-order valence-electron chi connectivity index (χ2n) is 5.43. The molecule has 1 heterocycles. The van der Waals surface area contributed by atoms with Crippen LogP contribution in [-0.4, -0.2) is 50.8 Å². The van der Waals surface area contributed by atoms with E-state index >= 15 is 0 Å². The molecule has 8 heteroatoms. The Labute approximate surface area is 133 Å². The number of sulfonamides is 1. The average molecular weight is 380 g/mol. The predicted octanol–water partition coefficient (Wildman–Crippen LogP) is 1.89. The van der Waals surface area contributed by atoms with E-state index in [0.717, 1.165) is 18.9 Å². The molecule has 1 aromatic rings. The molecule has 2 rings (SSSR count). The molecule has 5 nitrogen and oxygen atoms in total.